The van der Waals surface area contributed by atoms with Crippen LogP contribution in [0, 0.1) is 5.41 Å². The molecule has 0 spiro atoms. The second-order valence-electron chi connectivity index (χ2n) is 5.30. The number of benzene rings is 1. The van der Waals surface area contributed by atoms with Gasteiger partial charge in [0.2, 0.25) is 10.0 Å². The molecule has 108 valence electrons. The third kappa shape index (κ3) is 5.18. The molecule has 0 amide bonds. The zero-order valence-electron chi connectivity index (χ0n) is 11.6. The summed E-state index contributed by atoms with van der Waals surface area (Å²) < 4.78 is 31.8. The second-order valence-corrected chi connectivity index (χ2v) is 7.07. The van der Waals surface area contributed by atoms with Crippen molar-refractivity contribution in [2.24, 2.45) is 5.41 Å². The molecule has 1 aromatic rings. The summed E-state index contributed by atoms with van der Waals surface area (Å²) >= 11 is 0. The fraction of sp³-hybridized carbons (Fsp3) is 0.538. The Bertz CT molecular complexity index is 512. The predicted octanol–water partition coefficient (Wildman–Crippen LogP) is 1.61. The molecule has 6 heteroatoms. The first-order valence-electron chi connectivity index (χ1n) is 6.11. The molecular formula is C13H22N2O3S. The molecular weight excluding hydrogens is 264 g/mol. The van der Waals surface area contributed by atoms with Crippen LogP contribution in [-0.2, 0) is 14.8 Å². The lowest BCUT2D eigenvalue weighted by Gasteiger charge is -2.24. The van der Waals surface area contributed by atoms with Crippen molar-refractivity contribution in [2.45, 2.75) is 25.2 Å². The van der Waals surface area contributed by atoms with Crippen molar-refractivity contribution in [3.05, 3.63) is 24.3 Å². The SMILES string of the molecule is COCCC(C)(C)CNS(=O)(=O)c1cccc(N)c1. The molecule has 0 aromatic heterocycles. The lowest BCUT2D eigenvalue weighted by Crippen LogP contribution is -2.34. The van der Waals surface area contributed by atoms with Crippen LogP contribution in [-0.4, -0.2) is 28.7 Å². The number of nitrogens with two attached hydrogens (primary N) is 1. The summed E-state index contributed by atoms with van der Waals surface area (Å²) in [4.78, 5) is 0.190. The van der Waals surface area contributed by atoms with Gasteiger partial charge in [-0.05, 0) is 30.0 Å². The minimum absolute atomic E-state index is 0.163. The topological polar surface area (TPSA) is 81.4 Å². The van der Waals surface area contributed by atoms with Crippen LogP contribution in [0.4, 0.5) is 5.69 Å². The van der Waals surface area contributed by atoms with Gasteiger partial charge < -0.3 is 10.5 Å². The average Bonchev–Trinajstić information content (AvgIpc) is 2.34. The number of nitrogen functional groups attached to an aromatic ring is 1. The maximum Gasteiger partial charge on any atom is 0.240 e. The number of hydrogen-bond donors (Lipinski definition) is 2. The Labute approximate surface area is 115 Å². The highest BCUT2D eigenvalue weighted by Crippen LogP contribution is 2.20. The lowest BCUT2D eigenvalue weighted by atomic mass is 9.90. The van der Waals surface area contributed by atoms with Gasteiger partial charge in [-0.2, -0.15) is 0 Å². The Kier molecular flexibility index (Phi) is 5.34. The minimum atomic E-state index is -3.51. The van der Waals surface area contributed by atoms with E-state index in [0.29, 0.717) is 18.8 Å². The number of rotatable bonds is 7. The van der Waals surface area contributed by atoms with Crippen molar-refractivity contribution in [3.8, 4) is 0 Å². The van der Waals surface area contributed by atoms with E-state index in [9.17, 15) is 8.42 Å². The van der Waals surface area contributed by atoms with Crippen LogP contribution in [0.2, 0.25) is 0 Å². The standard InChI is InChI=1S/C13H22N2O3S/c1-13(2,7-8-18-3)10-15-19(16,17)12-6-4-5-11(14)9-12/h4-6,9,15H,7-8,10,14H2,1-3H3. The molecule has 3 N–H and O–H groups in total. The van der Waals surface area contributed by atoms with Crippen LogP contribution >= 0.6 is 0 Å². The van der Waals surface area contributed by atoms with Gasteiger partial charge in [-0.3, -0.25) is 0 Å². The molecule has 0 bridgehead atoms. The normalized spacial score (nSPS) is 12.6. The number of nitrogens with one attached hydrogen (secondary N) is 1. The van der Waals surface area contributed by atoms with E-state index in [1.807, 2.05) is 13.8 Å². The van der Waals surface area contributed by atoms with Crippen molar-refractivity contribution in [3.63, 3.8) is 0 Å². The van der Waals surface area contributed by atoms with E-state index in [2.05, 4.69) is 4.72 Å². The highest BCUT2D eigenvalue weighted by atomic mass is 32.2. The van der Waals surface area contributed by atoms with Gasteiger partial charge in [-0.15, -0.1) is 0 Å². The Hall–Kier alpha value is -1.11. The minimum Gasteiger partial charge on any atom is -0.399 e. The van der Waals surface area contributed by atoms with E-state index < -0.39 is 10.0 Å². The van der Waals surface area contributed by atoms with Gasteiger partial charge in [0.05, 0.1) is 4.90 Å². The van der Waals surface area contributed by atoms with Gasteiger partial charge in [0.15, 0.2) is 0 Å². The summed E-state index contributed by atoms with van der Waals surface area (Å²) in [5, 5.41) is 0. The van der Waals surface area contributed by atoms with Crippen LogP contribution in [0.3, 0.4) is 0 Å². The number of anilines is 1. The predicted molar refractivity (Wildman–Crippen MR) is 76.3 cm³/mol. The Morgan fingerprint density at radius 2 is 2.05 bits per heavy atom. The van der Waals surface area contributed by atoms with Gasteiger partial charge >= 0.3 is 0 Å². The molecule has 0 aliphatic rings. The first kappa shape index (κ1) is 15.9. The molecule has 0 atom stereocenters. The summed E-state index contributed by atoms with van der Waals surface area (Å²) in [5.41, 5.74) is 5.86. The van der Waals surface area contributed by atoms with Gasteiger partial charge in [0.1, 0.15) is 0 Å². The van der Waals surface area contributed by atoms with Crippen molar-refractivity contribution in [2.75, 3.05) is 26.0 Å². The molecule has 5 nitrogen and oxygen atoms in total. The summed E-state index contributed by atoms with van der Waals surface area (Å²) in [7, 11) is -1.88. The largest absolute Gasteiger partial charge is 0.399 e. The van der Waals surface area contributed by atoms with E-state index >= 15 is 0 Å². The molecule has 0 heterocycles. The number of sulfonamides is 1. The first-order chi connectivity index (χ1) is 8.77. The van der Waals surface area contributed by atoms with Crippen molar-refractivity contribution in [1.82, 2.24) is 4.72 Å². The van der Waals surface area contributed by atoms with Gasteiger partial charge in [0, 0.05) is 25.9 Å². The third-order valence-corrected chi connectivity index (χ3v) is 4.29. The van der Waals surface area contributed by atoms with E-state index in [-0.39, 0.29) is 10.3 Å². The molecule has 0 saturated heterocycles. The first-order valence-corrected chi connectivity index (χ1v) is 7.59. The zero-order chi connectivity index (χ0) is 14.5. The molecule has 0 unspecified atom stereocenters. The smallest absolute Gasteiger partial charge is 0.240 e. The number of methoxy groups -OCH3 is 1. The fourth-order valence-electron chi connectivity index (χ4n) is 1.52. The van der Waals surface area contributed by atoms with E-state index in [0.717, 1.165) is 6.42 Å². The molecule has 19 heavy (non-hydrogen) atoms. The van der Waals surface area contributed by atoms with Gasteiger partial charge in [-0.25, -0.2) is 13.1 Å². The van der Waals surface area contributed by atoms with Crippen LogP contribution < -0.4 is 10.5 Å². The maximum absolute atomic E-state index is 12.1. The monoisotopic (exact) mass is 286 g/mol. The quantitative estimate of drug-likeness (QED) is 0.746. The van der Waals surface area contributed by atoms with Crippen LogP contribution in [0.15, 0.2) is 29.2 Å². The van der Waals surface area contributed by atoms with E-state index in [1.165, 1.54) is 12.1 Å². The second kappa shape index (κ2) is 6.36. The Morgan fingerprint density at radius 3 is 2.63 bits per heavy atom. The van der Waals surface area contributed by atoms with Crippen LogP contribution in [0.25, 0.3) is 0 Å². The van der Waals surface area contributed by atoms with Crippen LogP contribution in [0.5, 0.6) is 0 Å². The molecule has 0 fully saturated rings. The molecule has 0 radical (unpaired) electrons. The van der Waals surface area contributed by atoms with Gasteiger partial charge in [-0.1, -0.05) is 19.9 Å². The zero-order valence-corrected chi connectivity index (χ0v) is 12.5. The summed E-state index contributed by atoms with van der Waals surface area (Å²) in [6.07, 6.45) is 0.781. The van der Waals surface area contributed by atoms with Gasteiger partial charge in [0.25, 0.3) is 0 Å². The highest BCUT2D eigenvalue weighted by Gasteiger charge is 2.22. The molecule has 1 aromatic carbocycles. The number of ether oxygens (including phenoxy) is 1. The molecule has 0 aliphatic carbocycles. The Morgan fingerprint density at radius 1 is 1.37 bits per heavy atom. The van der Waals surface area contributed by atoms with Crippen molar-refractivity contribution >= 4 is 15.7 Å². The molecule has 1 rings (SSSR count). The summed E-state index contributed by atoms with van der Waals surface area (Å²) in [6.45, 7) is 4.95. The average molecular weight is 286 g/mol. The third-order valence-electron chi connectivity index (χ3n) is 2.89. The highest BCUT2D eigenvalue weighted by molar-refractivity contribution is 7.89. The fourth-order valence-corrected chi connectivity index (χ4v) is 2.82. The maximum atomic E-state index is 12.1. The molecule has 0 aliphatic heterocycles. The van der Waals surface area contributed by atoms with E-state index in [4.69, 9.17) is 10.5 Å². The summed E-state index contributed by atoms with van der Waals surface area (Å²) in [5.74, 6) is 0. The van der Waals surface area contributed by atoms with Crippen molar-refractivity contribution in [1.29, 1.82) is 0 Å². The number of hydrogen-bond acceptors (Lipinski definition) is 4. The lowest BCUT2D eigenvalue weighted by molar-refractivity contribution is 0.153. The van der Waals surface area contributed by atoms with E-state index in [1.54, 1.807) is 19.2 Å². The van der Waals surface area contributed by atoms with Crippen molar-refractivity contribution < 1.29 is 13.2 Å². The summed E-state index contributed by atoms with van der Waals surface area (Å²) in [6, 6.07) is 6.26. The Balaban J connectivity index is 2.71. The molecule has 0 saturated carbocycles. The van der Waals surface area contributed by atoms with Crippen LogP contribution in [0.1, 0.15) is 20.3 Å².